The van der Waals surface area contributed by atoms with Crippen LogP contribution in [0.15, 0.2) is 77.0 Å². The number of rotatable bonds is 8. The van der Waals surface area contributed by atoms with Crippen molar-refractivity contribution in [2.75, 3.05) is 5.75 Å². The maximum absolute atomic E-state index is 12.3. The molecule has 1 heterocycles. The number of nitro benzene ring substituents is 1. The number of nitrogens with one attached hydrogen (secondary N) is 1. The number of carbonyl (C=O) groups excluding carboxylic acids is 1. The van der Waals surface area contributed by atoms with E-state index in [0.29, 0.717) is 12.1 Å². The number of fused-ring (bicyclic) bond motifs is 1. The minimum absolute atomic E-state index is 0.0381. The monoisotopic (exact) mass is 493 g/mol. The molecule has 0 atom stereocenters. The lowest BCUT2D eigenvalue weighted by molar-refractivity contribution is -0.384. The fourth-order valence-corrected chi connectivity index (χ4v) is 4.28. The first-order valence-corrected chi connectivity index (χ1v) is 11.7. The number of carbonyl (C=O) groups is 1. The standard InChI is InChI=1S/C24H20ClN5O3S/c1-16-6-8-17(9-7-16)14-29-21-5-3-2-4-20(21)27-24(29)34-15-23(31)28-26-13-18-10-11-19(25)22(12-18)30(32)33/h2-13H,14-15H2,1H3,(H,28,31). The van der Waals surface area contributed by atoms with Gasteiger partial charge in [0.1, 0.15) is 5.02 Å². The molecular weight excluding hydrogens is 474 g/mol. The highest BCUT2D eigenvalue weighted by atomic mass is 35.5. The fourth-order valence-electron chi connectivity index (χ4n) is 3.28. The van der Waals surface area contributed by atoms with E-state index >= 15 is 0 Å². The number of aromatic nitrogens is 2. The maximum Gasteiger partial charge on any atom is 0.288 e. The Morgan fingerprint density at radius 2 is 1.97 bits per heavy atom. The first-order chi connectivity index (χ1) is 16.4. The minimum Gasteiger partial charge on any atom is -0.314 e. The van der Waals surface area contributed by atoms with Crippen molar-refractivity contribution in [1.82, 2.24) is 15.0 Å². The number of hydrogen-bond acceptors (Lipinski definition) is 6. The third kappa shape index (κ3) is 5.62. The van der Waals surface area contributed by atoms with Crippen LogP contribution in [0.2, 0.25) is 5.02 Å². The van der Waals surface area contributed by atoms with Gasteiger partial charge < -0.3 is 4.57 Å². The van der Waals surface area contributed by atoms with Gasteiger partial charge in [-0.3, -0.25) is 14.9 Å². The fraction of sp³-hybridized carbons (Fsp3) is 0.125. The summed E-state index contributed by atoms with van der Waals surface area (Å²) in [6.07, 6.45) is 1.33. The highest BCUT2D eigenvalue weighted by Crippen LogP contribution is 2.26. The predicted molar refractivity (Wildman–Crippen MR) is 135 cm³/mol. The summed E-state index contributed by atoms with van der Waals surface area (Å²) >= 11 is 7.13. The SMILES string of the molecule is Cc1ccc(Cn2c(SCC(=O)NN=Cc3ccc(Cl)c([N+](=O)[O-])c3)nc3ccccc32)cc1. The Labute approximate surface area is 204 Å². The minimum atomic E-state index is -0.572. The molecule has 8 nitrogen and oxygen atoms in total. The number of nitrogens with zero attached hydrogens (tertiary/aromatic N) is 4. The summed E-state index contributed by atoms with van der Waals surface area (Å²) in [5, 5.41) is 15.7. The number of hydrazone groups is 1. The molecule has 172 valence electrons. The quantitative estimate of drug-likeness (QED) is 0.157. The number of aryl methyl sites for hydroxylation is 1. The smallest absolute Gasteiger partial charge is 0.288 e. The molecule has 0 aliphatic heterocycles. The lowest BCUT2D eigenvalue weighted by atomic mass is 10.1. The summed E-state index contributed by atoms with van der Waals surface area (Å²) in [7, 11) is 0. The Hall–Kier alpha value is -3.69. The van der Waals surface area contributed by atoms with Crippen molar-refractivity contribution < 1.29 is 9.72 Å². The number of nitro groups is 1. The van der Waals surface area contributed by atoms with Crippen LogP contribution in [0.3, 0.4) is 0 Å². The van der Waals surface area contributed by atoms with Crippen molar-refractivity contribution in [3.8, 4) is 0 Å². The van der Waals surface area contributed by atoms with Crippen molar-refractivity contribution in [2.24, 2.45) is 5.10 Å². The van der Waals surface area contributed by atoms with Gasteiger partial charge in [-0.2, -0.15) is 5.10 Å². The average Bonchev–Trinajstić information content (AvgIpc) is 3.17. The first kappa shape index (κ1) is 23.5. The zero-order chi connectivity index (χ0) is 24.1. The first-order valence-electron chi connectivity index (χ1n) is 10.3. The van der Waals surface area contributed by atoms with Crippen LogP contribution in [0.25, 0.3) is 11.0 Å². The van der Waals surface area contributed by atoms with Crippen LogP contribution in [-0.2, 0) is 11.3 Å². The Morgan fingerprint density at radius 1 is 1.21 bits per heavy atom. The number of thioether (sulfide) groups is 1. The number of hydrogen-bond donors (Lipinski definition) is 1. The molecule has 34 heavy (non-hydrogen) atoms. The Balaban J connectivity index is 1.43. The van der Waals surface area contributed by atoms with Crippen LogP contribution in [0, 0.1) is 17.0 Å². The van der Waals surface area contributed by atoms with Crippen molar-refractivity contribution >= 4 is 52.2 Å². The highest BCUT2D eigenvalue weighted by Gasteiger charge is 2.14. The second-order valence-electron chi connectivity index (χ2n) is 7.50. The normalized spacial score (nSPS) is 11.2. The molecule has 0 saturated heterocycles. The molecule has 4 aromatic rings. The number of para-hydroxylation sites is 2. The van der Waals surface area contributed by atoms with Crippen LogP contribution in [0.4, 0.5) is 5.69 Å². The summed E-state index contributed by atoms with van der Waals surface area (Å²) in [6.45, 7) is 2.69. The Kier molecular flexibility index (Phi) is 7.24. The van der Waals surface area contributed by atoms with E-state index < -0.39 is 4.92 Å². The van der Waals surface area contributed by atoms with Crippen LogP contribution in [0.1, 0.15) is 16.7 Å². The molecule has 0 bridgehead atoms. The molecule has 3 aromatic carbocycles. The third-order valence-electron chi connectivity index (χ3n) is 4.98. The molecule has 1 N–H and O–H groups in total. The van der Waals surface area contributed by atoms with Gasteiger partial charge in [0.05, 0.1) is 34.5 Å². The summed E-state index contributed by atoms with van der Waals surface area (Å²) in [5.74, 6) is -0.214. The third-order valence-corrected chi connectivity index (χ3v) is 6.28. The second kappa shape index (κ2) is 10.5. The van der Waals surface area contributed by atoms with Crippen LogP contribution in [-0.4, -0.2) is 32.3 Å². The Bertz CT molecular complexity index is 1390. The van der Waals surface area contributed by atoms with E-state index in [1.165, 1.54) is 35.7 Å². The van der Waals surface area contributed by atoms with E-state index in [0.717, 1.165) is 21.8 Å². The number of benzene rings is 3. The van der Waals surface area contributed by atoms with Gasteiger partial charge in [-0.25, -0.2) is 10.4 Å². The van der Waals surface area contributed by atoms with E-state index in [1.807, 2.05) is 31.2 Å². The zero-order valence-electron chi connectivity index (χ0n) is 18.1. The maximum atomic E-state index is 12.3. The average molecular weight is 494 g/mol. The molecular formula is C24H20ClN5O3S. The predicted octanol–water partition coefficient (Wildman–Crippen LogP) is 5.20. The second-order valence-corrected chi connectivity index (χ2v) is 8.85. The van der Waals surface area contributed by atoms with Gasteiger partial charge in [0.2, 0.25) is 0 Å². The van der Waals surface area contributed by atoms with Crippen molar-refractivity contribution in [1.29, 1.82) is 0 Å². The molecule has 0 fully saturated rings. The van der Waals surface area contributed by atoms with Crippen LogP contribution < -0.4 is 5.43 Å². The largest absolute Gasteiger partial charge is 0.314 e. The number of imidazole rings is 1. The summed E-state index contributed by atoms with van der Waals surface area (Å²) in [5.41, 5.74) is 6.86. The Morgan fingerprint density at radius 3 is 2.74 bits per heavy atom. The molecule has 10 heteroatoms. The zero-order valence-corrected chi connectivity index (χ0v) is 19.7. The van der Waals surface area contributed by atoms with E-state index in [9.17, 15) is 14.9 Å². The lowest BCUT2D eigenvalue weighted by Gasteiger charge is -2.09. The molecule has 1 amide bonds. The molecule has 4 rings (SSSR count). The van der Waals surface area contributed by atoms with Gasteiger partial charge in [0.15, 0.2) is 5.16 Å². The number of amides is 1. The lowest BCUT2D eigenvalue weighted by Crippen LogP contribution is -2.20. The summed E-state index contributed by atoms with van der Waals surface area (Å²) in [6, 6.07) is 20.4. The van der Waals surface area contributed by atoms with Crippen LogP contribution in [0.5, 0.6) is 0 Å². The van der Waals surface area contributed by atoms with Crippen molar-refractivity contribution in [2.45, 2.75) is 18.6 Å². The number of halogens is 1. The molecule has 0 spiro atoms. The van der Waals surface area contributed by atoms with Gasteiger partial charge >= 0.3 is 0 Å². The van der Waals surface area contributed by atoms with Crippen molar-refractivity contribution in [3.05, 3.63) is 98.6 Å². The van der Waals surface area contributed by atoms with Gasteiger partial charge in [0.25, 0.3) is 11.6 Å². The molecule has 0 aliphatic carbocycles. The molecule has 1 aromatic heterocycles. The van der Waals surface area contributed by atoms with Gasteiger partial charge in [0, 0.05) is 11.6 Å². The van der Waals surface area contributed by atoms with Gasteiger partial charge in [-0.1, -0.05) is 71.4 Å². The summed E-state index contributed by atoms with van der Waals surface area (Å²) < 4.78 is 2.09. The van der Waals surface area contributed by atoms with Crippen LogP contribution >= 0.6 is 23.4 Å². The van der Waals surface area contributed by atoms with E-state index in [-0.39, 0.29) is 22.4 Å². The van der Waals surface area contributed by atoms with Crippen molar-refractivity contribution in [3.63, 3.8) is 0 Å². The molecule has 0 unspecified atom stereocenters. The topological polar surface area (TPSA) is 102 Å². The highest BCUT2D eigenvalue weighted by molar-refractivity contribution is 7.99. The van der Waals surface area contributed by atoms with E-state index in [1.54, 1.807) is 6.07 Å². The van der Waals surface area contributed by atoms with E-state index in [2.05, 4.69) is 39.4 Å². The van der Waals surface area contributed by atoms with Gasteiger partial charge in [-0.15, -0.1) is 0 Å². The summed E-state index contributed by atoms with van der Waals surface area (Å²) in [4.78, 5) is 27.5. The van der Waals surface area contributed by atoms with E-state index in [4.69, 9.17) is 16.6 Å². The molecule has 0 aliphatic rings. The molecule has 0 saturated carbocycles. The molecule has 0 radical (unpaired) electrons. The van der Waals surface area contributed by atoms with Gasteiger partial charge in [-0.05, 0) is 30.7 Å².